The number of methoxy groups -OCH3 is 1. The van der Waals surface area contributed by atoms with Crippen LogP contribution in [0.4, 0.5) is 0 Å². The molecule has 0 fully saturated rings. The molecule has 2 aromatic carbocycles. The number of aryl methyl sites for hydroxylation is 1. The van der Waals surface area contributed by atoms with Crippen LogP contribution in [0.5, 0.6) is 0 Å². The van der Waals surface area contributed by atoms with Crippen LogP contribution in [-0.2, 0) is 26.8 Å². The Hall–Kier alpha value is -1.92. The fraction of sp³-hybridized carbons (Fsp3) is 0.500. The third-order valence-electron chi connectivity index (χ3n) is 7.70. The SMILES string of the molecule is COC(=O)C=Cc1ccc2c(c1)CCC2N(CCCO[Si](C)(C)C(C)(C)C)CCc1cccc(Cl)c1. The smallest absolute Gasteiger partial charge is 0.330 e. The van der Waals surface area contributed by atoms with Crippen LogP contribution in [0, 0.1) is 0 Å². The van der Waals surface area contributed by atoms with Gasteiger partial charge in [0.2, 0.25) is 0 Å². The number of nitrogens with zero attached hydrogens (tertiary/aromatic N) is 1. The highest BCUT2D eigenvalue weighted by Crippen LogP contribution is 2.38. The average Bonchev–Trinajstić information content (AvgIpc) is 3.24. The van der Waals surface area contributed by atoms with Crippen molar-refractivity contribution >= 4 is 32.0 Å². The fourth-order valence-corrected chi connectivity index (χ4v) is 5.83. The summed E-state index contributed by atoms with van der Waals surface area (Å²) in [4.78, 5) is 14.1. The molecule has 4 nitrogen and oxygen atoms in total. The Morgan fingerprint density at radius 1 is 1.17 bits per heavy atom. The number of halogens is 1. The Morgan fingerprint density at radius 3 is 2.64 bits per heavy atom. The number of rotatable bonds is 11. The van der Waals surface area contributed by atoms with Crippen LogP contribution in [0.2, 0.25) is 23.2 Å². The predicted molar refractivity (Wildman–Crippen MR) is 153 cm³/mol. The van der Waals surface area contributed by atoms with E-state index in [0.717, 1.165) is 56.0 Å². The molecule has 0 spiro atoms. The van der Waals surface area contributed by atoms with E-state index in [2.05, 4.69) is 69.1 Å². The number of carbonyl (C=O) groups excluding carboxylic acids is 1. The van der Waals surface area contributed by atoms with Crippen molar-refractivity contribution in [3.8, 4) is 0 Å². The van der Waals surface area contributed by atoms with Gasteiger partial charge in [0.1, 0.15) is 0 Å². The van der Waals surface area contributed by atoms with E-state index < -0.39 is 8.32 Å². The molecule has 6 heteroatoms. The van der Waals surface area contributed by atoms with Gasteiger partial charge < -0.3 is 9.16 Å². The minimum absolute atomic E-state index is 0.226. The Balaban J connectivity index is 1.71. The lowest BCUT2D eigenvalue weighted by atomic mass is 10.0. The lowest BCUT2D eigenvalue weighted by Crippen LogP contribution is -2.41. The summed E-state index contributed by atoms with van der Waals surface area (Å²) in [5.41, 5.74) is 5.08. The molecule has 3 rings (SSSR count). The average molecular weight is 528 g/mol. The van der Waals surface area contributed by atoms with Gasteiger partial charge in [-0.05, 0) is 84.3 Å². The van der Waals surface area contributed by atoms with Gasteiger partial charge in [0, 0.05) is 36.8 Å². The zero-order chi connectivity index (χ0) is 26.3. The van der Waals surface area contributed by atoms with Gasteiger partial charge >= 0.3 is 5.97 Å². The molecule has 196 valence electrons. The maximum atomic E-state index is 11.5. The molecule has 2 aromatic rings. The zero-order valence-corrected chi connectivity index (χ0v) is 24.5. The van der Waals surface area contributed by atoms with Gasteiger partial charge in [-0.2, -0.15) is 0 Å². The molecule has 1 unspecified atom stereocenters. The molecule has 1 atom stereocenters. The number of hydrogen-bond donors (Lipinski definition) is 0. The van der Waals surface area contributed by atoms with Crippen LogP contribution in [-0.4, -0.2) is 46.0 Å². The Morgan fingerprint density at radius 2 is 1.94 bits per heavy atom. The van der Waals surface area contributed by atoms with E-state index in [1.165, 1.54) is 29.9 Å². The molecule has 0 saturated carbocycles. The molecule has 0 aromatic heterocycles. The molecule has 1 aliphatic carbocycles. The minimum atomic E-state index is -1.74. The Kier molecular flexibility index (Phi) is 9.99. The van der Waals surface area contributed by atoms with E-state index in [-0.39, 0.29) is 11.0 Å². The van der Waals surface area contributed by atoms with Crippen LogP contribution in [0.25, 0.3) is 6.08 Å². The van der Waals surface area contributed by atoms with E-state index in [9.17, 15) is 4.79 Å². The van der Waals surface area contributed by atoms with E-state index in [0.29, 0.717) is 6.04 Å². The van der Waals surface area contributed by atoms with E-state index in [4.69, 9.17) is 20.8 Å². The summed E-state index contributed by atoms with van der Waals surface area (Å²) in [6.45, 7) is 14.3. The summed E-state index contributed by atoms with van der Waals surface area (Å²) < 4.78 is 11.2. The lowest BCUT2D eigenvalue weighted by molar-refractivity contribution is -0.134. The molecule has 0 bridgehead atoms. The number of hydrogen-bond acceptors (Lipinski definition) is 4. The summed E-state index contributed by atoms with van der Waals surface area (Å²) in [7, 11) is -0.343. The van der Waals surface area contributed by atoms with Crippen molar-refractivity contribution in [3.05, 3.63) is 75.8 Å². The predicted octanol–water partition coefficient (Wildman–Crippen LogP) is 7.47. The van der Waals surface area contributed by atoms with Gasteiger partial charge in [0.05, 0.1) is 7.11 Å². The van der Waals surface area contributed by atoms with Gasteiger partial charge in [0.25, 0.3) is 0 Å². The van der Waals surface area contributed by atoms with Crippen LogP contribution in [0.3, 0.4) is 0 Å². The van der Waals surface area contributed by atoms with Gasteiger partial charge in [-0.1, -0.05) is 62.7 Å². The first-order chi connectivity index (χ1) is 17.0. The van der Waals surface area contributed by atoms with Crippen molar-refractivity contribution in [2.24, 2.45) is 0 Å². The minimum Gasteiger partial charge on any atom is -0.466 e. The monoisotopic (exact) mass is 527 g/mol. The molecule has 0 saturated heterocycles. The highest BCUT2D eigenvalue weighted by molar-refractivity contribution is 6.74. The molecule has 1 aliphatic rings. The van der Waals surface area contributed by atoms with Crippen LogP contribution in [0.1, 0.15) is 61.9 Å². The van der Waals surface area contributed by atoms with Crippen molar-refractivity contribution < 1.29 is 14.0 Å². The normalized spacial score (nSPS) is 16.1. The second-order valence-electron chi connectivity index (χ2n) is 11.2. The summed E-state index contributed by atoms with van der Waals surface area (Å²) in [5, 5.41) is 1.02. The summed E-state index contributed by atoms with van der Waals surface area (Å²) in [6.07, 6.45) is 7.46. The van der Waals surface area contributed by atoms with Gasteiger partial charge in [0.15, 0.2) is 8.32 Å². The van der Waals surface area contributed by atoms with Gasteiger partial charge in [-0.3, -0.25) is 4.90 Å². The van der Waals surface area contributed by atoms with Crippen molar-refractivity contribution in [3.63, 3.8) is 0 Å². The van der Waals surface area contributed by atoms with Crippen molar-refractivity contribution in [1.82, 2.24) is 4.90 Å². The molecule has 0 radical (unpaired) electrons. The van der Waals surface area contributed by atoms with Crippen molar-refractivity contribution in [1.29, 1.82) is 0 Å². The quantitative estimate of drug-likeness (QED) is 0.131. The molecular weight excluding hydrogens is 486 g/mol. The summed E-state index contributed by atoms with van der Waals surface area (Å²) in [6, 6.07) is 15.1. The van der Waals surface area contributed by atoms with Crippen LogP contribution >= 0.6 is 11.6 Å². The molecule has 0 heterocycles. The second-order valence-corrected chi connectivity index (χ2v) is 16.5. The molecule has 0 N–H and O–H groups in total. The van der Waals surface area contributed by atoms with E-state index in [1.54, 1.807) is 0 Å². The number of carbonyl (C=O) groups is 1. The van der Waals surface area contributed by atoms with Gasteiger partial charge in [-0.25, -0.2) is 4.79 Å². The first-order valence-electron chi connectivity index (χ1n) is 13.0. The highest BCUT2D eigenvalue weighted by Gasteiger charge is 2.37. The topological polar surface area (TPSA) is 38.8 Å². The summed E-state index contributed by atoms with van der Waals surface area (Å²) in [5.74, 6) is -0.333. The summed E-state index contributed by atoms with van der Waals surface area (Å²) >= 11 is 6.24. The van der Waals surface area contributed by atoms with Gasteiger partial charge in [-0.15, -0.1) is 0 Å². The van der Waals surface area contributed by atoms with Crippen LogP contribution in [0.15, 0.2) is 48.5 Å². The number of fused-ring (bicyclic) bond motifs is 1. The molecule has 0 amide bonds. The molecule has 0 aliphatic heterocycles. The molecule has 36 heavy (non-hydrogen) atoms. The van der Waals surface area contributed by atoms with Crippen LogP contribution < -0.4 is 0 Å². The first-order valence-corrected chi connectivity index (χ1v) is 16.3. The fourth-order valence-electron chi connectivity index (χ4n) is 4.53. The lowest BCUT2D eigenvalue weighted by Gasteiger charge is -2.36. The Labute approximate surface area is 223 Å². The first kappa shape index (κ1) is 28.6. The third-order valence-corrected chi connectivity index (χ3v) is 12.5. The maximum Gasteiger partial charge on any atom is 0.330 e. The largest absolute Gasteiger partial charge is 0.466 e. The standard InChI is InChI=1S/C30H42ClNO3Si/c1-30(2,3)36(5,6)35-20-8-18-32(19-17-23-9-7-10-26(31)22-23)28-15-13-25-21-24(11-14-27(25)28)12-16-29(33)34-4/h7,9-12,14,16,21-22,28H,8,13,15,17-20H2,1-6H3. The van der Waals surface area contributed by atoms with Crippen molar-refractivity contribution in [2.75, 3.05) is 26.8 Å². The third kappa shape index (κ3) is 7.79. The number of ether oxygens (including phenoxy) is 1. The van der Waals surface area contributed by atoms with Crippen molar-refractivity contribution in [2.45, 2.75) is 70.6 Å². The van der Waals surface area contributed by atoms with E-state index >= 15 is 0 Å². The zero-order valence-electron chi connectivity index (χ0n) is 22.8. The number of benzene rings is 2. The number of esters is 1. The molecular formula is C30H42ClNO3Si. The second kappa shape index (κ2) is 12.5. The Bertz CT molecular complexity index is 1060. The highest BCUT2D eigenvalue weighted by atomic mass is 35.5. The van der Waals surface area contributed by atoms with E-state index in [1.807, 2.05) is 18.2 Å². The maximum absolute atomic E-state index is 11.5.